The quantitative estimate of drug-likeness (QED) is 0.380. The lowest BCUT2D eigenvalue weighted by Gasteiger charge is -2.16. The zero-order valence-electron chi connectivity index (χ0n) is 18.4. The second-order valence-electron chi connectivity index (χ2n) is 7.72. The highest BCUT2D eigenvalue weighted by Crippen LogP contribution is 2.33. The van der Waals surface area contributed by atoms with Crippen LogP contribution in [0.3, 0.4) is 0 Å². The molecule has 0 aromatic heterocycles. The molecule has 0 fully saturated rings. The van der Waals surface area contributed by atoms with Gasteiger partial charge in [0.1, 0.15) is 16.5 Å². The summed E-state index contributed by atoms with van der Waals surface area (Å²) in [6, 6.07) is 13.7. The zero-order valence-corrected chi connectivity index (χ0v) is 19.9. The van der Waals surface area contributed by atoms with E-state index in [-0.39, 0.29) is 32.6 Å². The van der Waals surface area contributed by atoms with Crippen LogP contribution in [0.25, 0.3) is 0 Å². The summed E-state index contributed by atoms with van der Waals surface area (Å²) in [5.41, 5.74) is 1.51. The molecule has 0 aliphatic carbocycles. The minimum absolute atomic E-state index is 0.0464. The predicted molar refractivity (Wildman–Crippen MR) is 133 cm³/mol. The molecule has 1 aliphatic rings. The van der Waals surface area contributed by atoms with Crippen molar-refractivity contribution in [3.63, 3.8) is 0 Å². The number of rotatable bonds is 6. The lowest BCUT2D eigenvalue weighted by Crippen LogP contribution is -2.32. The fourth-order valence-electron chi connectivity index (χ4n) is 3.40. The van der Waals surface area contributed by atoms with Crippen molar-refractivity contribution in [1.29, 1.82) is 0 Å². The number of carboxylic acid groups (broad SMARTS) is 1. The number of aromatic carboxylic acids is 1. The van der Waals surface area contributed by atoms with Crippen molar-refractivity contribution in [1.82, 2.24) is 0 Å². The average molecular weight is 528 g/mol. The van der Waals surface area contributed by atoms with E-state index in [9.17, 15) is 23.6 Å². The largest absolute Gasteiger partial charge is 0.478 e. The predicted octanol–water partition coefficient (Wildman–Crippen LogP) is 5.17. The number of benzene rings is 3. The number of carboxylic acids is 1. The Bertz CT molecular complexity index is 1470. The van der Waals surface area contributed by atoms with E-state index in [1.165, 1.54) is 36.4 Å². The van der Waals surface area contributed by atoms with Crippen LogP contribution in [0.5, 0.6) is 0 Å². The third kappa shape index (κ3) is 4.79. The van der Waals surface area contributed by atoms with Crippen LogP contribution in [-0.2, 0) is 9.59 Å². The summed E-state index contributed by atoms with van der Waals surface area (Å²) >= 11 is 12.0. The molecule has 11 heteroatoms. The van der Waals surface area contributed by atoms with Gasteiger partial charge >= 0.3 is 5.97 Å². The van der Waals surface area contributed by atoms with Crippen LogP contribution in [0.1, 0.15) is 26.3 Å². The van der Waals surface area contributed by atoms with Crippen molar-refractivity contribution in [2.45, 2.75) is 6.92 Å². The van der Waals surface area contributed by atoms with Gasteiger partial charge in [-0.25, -0.2) is 14.1 Å². The maximum atomic E-state index is 13.5. The van der Waals surface area contributed by atoms with Crippen LogP contribution < -0.4 is 15.5 Å². The number of nitrogens with zero attached hydrogens (tertiary/aromatic N) is 1. The molecule has 0 atom stereocenters. The van der Waals surface area contributed by atoms with Gasteiger partial charge in [0, 0.05) is 16.9 Å². The fourth-order valence-corrected chi connectivity index (χ4v) is 3.79. The van der Waals surface area contributed by atoms with Gasteiger partial charge in [0.15, 0.2) is 0 Å². The Hall–Kier alpha value is -4.21. The van der Waals surface area contributed by atoms with E-state index >= 15 is 0 Å². The van der Waals surface area contributed by atoms with E-state index in [2.05, 4.69) is 10.6 Å². The highest BCUT2D eigenvalue weighted by molar-refractivity contribution is 6.53. The average Bonchev–Trinajstić information content (AvgIpc) is 3.05. The lowest BCUT2D eigenvalue weighted by atomic mass is 10.1. The third-order valence-corrected chi connectivity index (χ3v) is 5.98. The topological polar surface area (TPSA) is 116 Å². The Balaban J connectivity index is 1.56. The molecule has 0 bridgehead atoms. The van der Waals surface area contributed by atoms with Gasteiger partial charge in [-0.15, -0.1) is 0 Å². The van der Waals surface area contributed by atoms with Gasteiger partial charge in [0.05, 0.1) is 16.3 Å². The van der Waals surface area contributed by atoms with Crippen molar-refractivity contribution in [2.24, 2.45) is 0 Å². The number of carbonyl (C=O) groups excluding carboxylic acids is 3. The molecule has 3 amide bonds. The molecule has 3 aromatic rings. The Morgan fingerprint density at radius 3 is 2.22 bits per heavy atom. The lowest BCUT2D eigenvalue weighted by molar-refractivity contribution is -0.120. The molecule has 1 aliphatic heterocycles. The molecule has 36 heavy (non-hydrogen) atoms. The van der Waals surface area contributed by atoms with Crippen molar-refractivity contribution < 1.29 is 28.7 Å². The SMILES string of the molecule is Cc1ccc(C(=O)Nc2ccc(C(=O)O)cc2)cc1NC1=C(Cl)C(=O)N(c2ccc(F)c(Cl)c2)C1=O. The monoisotopic (exact) mass is 527 g/mol. The number of anilines is 3. The minimum Gasteiger partial charge on any atom is -0.478 e. The molecule has 4 rings (SSSR count). The van der Waals surface area contributed by atoms with Crippen LogP contribution in [0.15, 0.2) is 71.4 Å². The summed E-state index contributed by atoms with van der Waals surface area (Å²) in [4.78, 5) is 50.2. The number of hydrogen-bond acceptors (Lipinski definition) is 5. The summed E-state index contributed by atoms with van der Waals surface area (Å²) in [7, 11) is 0. The van der Waals surface area contributed by atoms with Gasteiger partial charge in [-0.2, -0.15) is 0 Å². The summed E-state index contributed by atoms with van der Waals surface area (Å²) in [6.07, 6.45) is 0. The van der Waals surface area contributed by atoms with Crippen LogP contribution in [-0.4, -0.2) is 28.8 Å². The second kappa shape index (κ2) is 9.80. The number of nitrogens with one attached hydrogen (secondary N) is 2. The number of halogens is 3. The molecule has 8 nitrogen and oxygen atoms in total. The van der Waals surface area contributed by atoms with Crippen LogP contribution in [0.4, 0.5) is 21.5 Å². The maximum Gasteiger partial charge on any atom is 0.335 e. The molecule has 1 heterocycles. The minimum atomic E-state index is -1.09. The summed E-state index contributed by atoms with van der Waals surface area (Å²) in [6.45, 7) is 1.72. The molecule has 182 valence electrons. The van der Waals surface area contributed by atoms with Crippen molar-refractivity contribution in [3.05, 3.63) is 98.9 Å². The normalized spacial score (nSPS) is 13.3. The molecule has 0 saturated heterocycles. The number of imide groups is 1. The first kappa shape index (κ1) is 24.9. The van der Waals surface area contributed by atoms with Crippen LogP contribution in [0.2, 0.25) is 5.02 Å². The van der Waals surface area contributed by atoms with Gasteiger partial charge in [-0.3, -0.25) is 14.4 Å². The number of carbonyl (C=O) groups is 4. The number of amides is 3. The molecular formula is C25H16Cl2FN3O5. The van der Waals surface area contributed by atoms with Gasteiger partial charge in [0.25, 0.3) is 17.7 Å². The van der Waals surface area contributed by atoms with E-state index < -0.39 is 29.5 Å². The molecule has 3 N–H and O–H groups in total. The fraction of sp³-hybridized carbons (Fsp3) is 0.0400. The smallest absolute Gasteiger partial charge is 0.335 e. The van der Waals surface area contributed by atoms with Crippen molar-refractivity contribution in [2.75, 3.05) is 15.5 Å². The number of aryl methyl sites for hydroxylation is 1. The maximum absolute atomic E-state index is 13.5. The van der Waals surface area contributed by atoms with E-state index in [1.807, 2.05) is 0 Å². The zero-order chi connectivity index (χ0) is 26.1. The molecule has 0 spiro atoms. The molecule has 0 saturated carbocycles. The van der Waals surface area contributed by atoms with Crippen molar-refractivity contribution >= 4 is 64.0 Å². The number of hydrogen-bond donors (Lipinski definition) is 3. The summed E-state index contributed by atoms with van der Waals surface area (Å²) < 4.78 is 13.5. The highest BCUT2D eigenvalue weighted by atomic mass is 35.5. The van der Waals surface area contributed by atoms with E-state index in [0.29, 0.717) is 16.9 Å². The Morgan fingerprint density at radius 2 is 1.58 bits per heavy atom. The first-order chi connectivity index (χ1) is 17.1. The molecule has 0 unspecified atom stereocenters. The molecule has 0 radical (unpaired) electrons. The van der Waals surface area contributed by atoms with E-state index in [1.54, 1.807) is 19.1 Å². The molecule has 3 aromatic carbocycles. The van der Waals surface area contributed by atoms with Gasteiger partial charge in [0.2, 0.25) is 0 Å². The first-order valence-corrected chi connectivity index (χ1v) is 11.1. The van der Waals surface area contributed by atoms with Gasteiger partial charge in [-0.05, 0) is 67.1 Å². The van der Waals surface area contributed by atoms with Gasteiger partial charge in [-0.1, -0.05) is 29.3 Å². The van der Waals surface area contributed by atoms with Crippen molar-refractivity contribution in [3.8, 4) is 0 Å². The van der Waals surface area contributed by atoms with E-state index in [4.69, 9.17) is 28.3 Å². The Morgan fingerprint density at radius 1 is 0.917 bits per heavy atom. The Labute approximate surface area is 213 Å². The van der Waals surface area contributed by atoms with Crippen LogP contribution in [0, 0.1) is 12.7 Å². The summed E-state index contributed by atoms with van der Waals surface area (Å²) in [5.74, 6) is -3.88. The molecular weight excluding hydrogens is 512 g/mol. The third-order valence-electron chi connectivity index (χ3n) is 5.34. The van der Waals surface area contributed by atoms with E-state index in [0.717, 1.165) is 17.0 Å². The second-order valence-corrected chi connectivity index (χ2v) is 8.51. The Kier molecular flexibility index (Phi) is 6.78. The standard InChI is InChI=1S/C25H16Cl2FN3O5/c1-12-2-3-14(22(32)29-15-6-4-13(5-7-15)25(35)36)10-19(12)30-21-20(27)23(33)31(24(21)34)16-8-9-18(28)17(26)11-16/h2-11,30H,1H3,(H,29,32)(H,35,36). The summed E-state index contributed by atoms with van der Waals surface area (Å²) in [5, 5.41) is 13.8. The van der Waals surface area contributed by atoms with Crippen LogP contribution >= 0.6 is 23.2 Å². The highest BCUT2D eigenvalue weighted by Gasteiger charge is 2.39. The van der Waals surface area contributed by atoms with Gasteiger partial charge < -0.3 is 15.7 Å². The first-order valence-electron chi connectivity index (χ1n) is 10.3.